The van der Waals surface area contributed by atoms with Gasteiger partial charge in [0.05, 0.1) is 12.6 Å². The molecular formula is C23H29N3OSi. The summed E-state index contributed by atoms with van der Waals surface area (Å²) >= 11 is 0. The van der Waals surface area contributed by atoms with Crippen LogP contribution < -0.4 is 10.4 Å². The Morgan fingerprint density at radius 2 is 1.50 bits per heavy atom. The molecule has 3 aromatic rings. The third-order valence-electron chi connectivity index (χ3n) is 5.85. The van der Waals surface area contributed by atoms with Crippen LogP contribution in [-0.4, -0.2) is 29.2 Å². The van der Waals surface area contributed by atoms with Crippen LogP contribution in [0.3, 0.4) is 0 Å². The summed E-state index contributed by atoms with van der Waals surface area (Å²) in [6, 6.07) is 21.7. The maximum Gasteiger partial charge on any atom is 0.261 e. The number of rotatable bonds is 4. The highest BCUT2D eigenvalue weighted by Crippen LogP contribution is 2.38. The van der Waals surface area contributed by atoms with Gasteiger partial charge >= 0.3 is 0 Å². The first-order chi connectivity index (χ1) is 13.4. The summed E-state index contributed by atoms with van der Waals surface area (Å²) in [6.45, 7) is 9.85. The number of aromatic nitrogens is 3. The van der Waals surface area contributed by atoms with Crippen molar-refractivity contribution < 1.29 is 4.43 Å². The SMILES string of the molecule is Cc1nnc2n1CC(O[Si](c1ccccc1)(c1ccccc1)C(C)(C)C)CC2. The molecule has 2 aromatic carbocycles. The smallest absolute Gasteiger partial charge is 0.261 e. The van der Waals surface area contributed by atoms with Crippen LogP contribution in [0.25, 0.3) is 0 Å². The molecule has 0 amide bonds. The highest BCUT2D eigenvalue weighted by Gasteiger charge is 2.51. The molecule has 0 N–H and O–H groups in total. The van der Waals surface area contributed by atoms with Crippen molar-refractivity contribution >= 4 is 18.7 Å². The molecule has 0 saturated heterocycles. The predicted octanol–water partition coefficient (Wildman–Crippen LogP) is 3.48. The van der Waals surface area contributed by atoms with E-state index in [1.807, 2.05) is 6.92 Å². The van der Waals surface area contributed by atoms with Crippen LogP contribution in [0, 0.1) is 6.92 Å². The quantitative estimate of drug-likeness (QED) is 0.639. The molecule has 0 aliphatic carbocycles. The van der Waals surface area contributed by atoms with E-state index in [4.69, 9.17) is 4.43 Å². The molecule has 1 aliphatic rings. The molecule has 0 spiro atoms. The van der Waals surface area contributed by atoms with Crippen LogP contribution >= 0.6 is 0 Å². The summed E-state index contributed by atoms with van der Waals surface area (Å²) in [5, 5.41) is 11.2. The van der Waals surface area contributed by atoms with Crippen molar-refractivity contribution in [3.63, 3.8) is 0 Å². The van der Waals surface area contributed by atoms with Gasteiger partial charge in [0.2, 0.25) is 0 Å². The molecule has 28 heavy (non-hydrogen) atoms. The highest BCUT2D eigenvalue weighted by atomic mass is 28.4. The standard InChI is InChI=1S/C23H29N3OSi/c1-18-24-25-22-16-15-19(17-26(18)22)27-28(23(2,3)4,20-11-7-5-8-12-20)21-13-9-6-10-14-21/h5-14,19H,15-17H2,1-4H3. The molecule has 2 heterocycles. The Hall–Kier alpha value is -2.24. The Balaban J connectivity index is 1.81. The van der Waals surface area contributed by atoms with E-state index in [1.54, 1.807) is 0 Å². The second-order valence-corrected chi connectivity index (χ2v) is 13.0. The van der Waals surface area contributed by atoms with Gasteiger partial charge in [0.1, 0.15) is 11.6 Å². The van der Waals surface area contributed by atoms with Gasteiger partial charge in [0.25, 0.3) is 8.32 Å². The zero-order valence-corrected chi connectivity index (χ0v) is 18.2. The molecule has 5 heteroatoms. The van der Waals surface area contributed by atoms with E-state index in [9.17, 15) is 0 Å². The molecule has 1 aromatic heterocycles. The largest absolute Gasteiger partial charge is 0.403 e. The first-order valence-electron chi connectivity index (χ1n) is 10.1. The van der Waals surface area contributed by atoms with Crippen molar-refractivity contribution in [1.82, 2.24) is 14.8 Å². The van der Waals surface area contributed by atoms with Crippen molar-refractivity contribution in [2.24, 2.45) is 0 Å². The molecule has 0 bridgehead atoms. The van der Waals surface area contributed by atoms with Crippen LogP contribution in [0.2, 0.25) is 5.04 Å². The lowest BCUT2D eigenvalue weighted by atomic mass is 10.1. The number of aryl methyl sites for hydroxylation is 2. The molecule has 1 unspecified atom stereocenters. The second-order valence-electron chi connectivity index (χ2n) is 8.72. The molecule has 4 nitrogen and oxygen atoms in total. The number of fused-ring (bicyclic) bond motifs is 1. The van der Waals surface area contributed by atoms with Gasteiger partial charge in [-0.15, -0.1) is 10.2 Å². The lowest BCUT2D eigenvalue weighted by Gasteiger charge is -2.45. The third kappa shape index (κ3) is 3.23. The lowest BCUT2D eigenvalue weighted by molar-refractivity contribution is 0.142. The fourth-order valence-corrected chi connectivity index (χ4v) is 9.18. The molecule has 1 aliphatic heterocycles. The molecule has 0 saturated carbocycles. The van der Waals surface area contributed by atoms with Crippen LogP contribution in [0.5, 0.6) is 0 Å². The van der Waals surface area contributed by atoms with Gasteiger partial charge in [-0.3, -0.25) is 0 Å². The maximum absolute atomic E-state index is 7.26. The second kappa shape index (κ2) is 7.30. The monoisotopic (exact) mass is 391 g/mol. The maximum atomic E-state index is 7.26. The summed E-state index contributed by atoms with van der Waals surface area (Å²) < 4.78 is 9.49. The van der Waals surface area contributed by atoms with Crippen LogP contribution in [-0.2, 0) is 17.4 Å². The molecule has 146 valence electrons. The zero-order chi connectivity index (χ0) is 19.8. The minimum atomic E-state index is -2.51. The summed E-state index contributed by atoms with van der Waals surface area (Å²) in [7, 11) is -2.51. The van der Waals surface area contributed by atoms with Crippen LogP contribution in [0.15, 0.2) is 60.7 Å². The Morgan fingerprint density at radius 1 is 0.929 bits per heavy atom. The number of hydrogen-bond donors (Lipinski definition) is 0. The van der Waals surface area contributed by atoms with E-state index >= 15 is 0 Å². The van der Waals surface area contributed by atoms with Crippen molar-refractivity contribution in [3.05, 3.63) is 72.3 Å². The lowest BCUT2D eigenvalue weighted by Crippen LogP contribution is -2.68. The molecule has 0 radical (unpaired) electrons. The first kappa shape index (κ1) is 19.1. The molecule has 0 fully saturated rings. The number of nitrogens with zero attached hydrogens (tertiary/aromatic N) is 3. The fourth-order valence-electron chi connectivity index (χ4n) is 4.47. The van der Waals surface area contributed by atoms with Crippen LogP contribution in [0.4, 0.5) is 0 Å². The van der Waals surface area contributed by atoms with Gasteiger partial charge in [0, 0.05) is 6.42 Å². The predicted molar refractivity (Wildman–Crippen MR) is 116 cm³/mol. The average Bonchev–Trinajstić information content (AvgIpc) is 3.07. The number of benzene rings is 2. The molecule has 1 atom stereocenters. The summed E-state index contributed by atoms with van der Waals surface area (Å²) in [6.07, 6.45) is 2.07. The summed E-state index contributed by atoms with van der Waals surface area (Å²) in [4.78, 5) is 0. The highest BCUT2D eigenvalue weighted by molar-refractivity contribution is 6.99. The summed E-state index contributed by atoms with van der Waals surface area (Å²) in [5.74, 6) is 2.06. The Kier molecular flexibility index (Phi) is 4.98. The van der Waals surface area contributed by atoms with Gasteiger partial charge in [-0.25, -0.2) is 0 Å². The van der Waals surface area contributed by atoms with Crippen LogP contribution in [0.1, 0.15) is 38.8 Å². The fraction of sp³-hybridized carbons (Fsp3) is 0.391. The van der Waals surface area contributed by atoms with Gasteiger partial charge in [-0.1, -0.05) is 81.4 Å². The Morgan fingerprint density at radius 3 is 2.04 bits per heavy atom. The van der Waals surface area contributed by atoms with E-state index in [-0.39, 0.29) is 11.1 Å². The summed E-state index contributed by atoms with van der Waals surface area (Å²) in [5.41, 5.74) is 0. The Labute approximate surface area is 168 Å². The van der Waals surface area contributed by atoms with E-state index < -0.39 is 8.32 Å². The minimum absolute atomic E-state index is 0.00177. The third-order valence-corrected chi connectivity index (χ3v) is 10.9. The van der Waals surface area contributed by atoms with Gasteiger partial charge < -0.3 is 8.99 Å². The Bertz CT molecular complexity index is 892. The van der Waals surface area contributed by atoms with Crippen molar-refractivity contribution in [2.75, 3.05) is 0 Å². The topological polar surface area (TPSA) is 39.9 Å². The van der Waals surface area contributed by atoms with Crippen molar-refractivity contribution in [3.8, 4) is 0 Å². The zero-order valence-electron chi connectivity index (χ0n) is 17.2. The number of hydrogen-bond acceptors (Lipinski definition) is 3. The van der Waals surface area contributed by atoms with E-state index in [2.05, 4.69) is 96.2 Å². The van der Waals surface area contributed by atoms with Crippen molar-refractivity contribution in [2.45, 2.75) is 58.2 Å². The van der Waals surface area contributed by atoms with E-state index in [0.717, 1.165) is 31.0 Å². The van der Waals surface area contributed by atoms with Crippen molar-refractivity contribution in [1.29, 1.82) is 0 Å². The minimum Gasteiger partial charge on any atom is -0.403 e. The first-order valence-corrected chi connectivity index (χ1v) is 12.0. The van der Waals surface area contributed by atoms with Gasteiger partial charge in [-0.2, -0.15) is 0 Å². The van der Waals surface area contributed by atoms with E-state index in [1.165, 1.54) is 10.4 Å². The van der Waals surface area contributed by atoms with Gasteiger partial charge in [0.15, 0.2) is 0 Å². The molecule has 4 rings (SSSR count). The normalized spacial score (nSPS) is 17.4. The van der Waals surface area contributed by atoms with Gasteiger partial charge in [-0.05, 0) is 28.8 Å². The van der Waals surface area contributed by atoms with E-state index in [0.29, 0.717) is 0 Å². The molecular weight excluding hydrogens is 362 g/mol. The average molecular weight is 392 g/mol.